The standard InChI is InChI=1S/C11H15NO3/c13-11(14)10-2-1-5-12(10)8-9-3-6-15-7-4-9/h1-2,5,9H,3-4,6-8H2,(H,13,14). The molecule has 1 saturated heterocycles. The van der Waals surface area contributed by atoms with E-state index < -0.39 is 5.97 Å². The van der Waals surface area contributed by atoms with Gasteiger partial charge in [0.05, 0.1) is 0 Å². The predicted octanol–water partition coefficient (Wildman–Crippen LogP) is 1.61. The number of aromatic carboxylic acids is 1. The maximum atomic E-state index is 10.9. The van der Waals surface area contributed by atoms with Crippen molar-refractivity contribution in [3.63, 3.8) is 0 Å². The van der Waals surface area contributed by atoms with Crippen molar-refractivity contribution in [3.05, 3.63) is 24.0 Å². The first kappa shape index (κ1) is 10.2. The lowest BCUT2D eigenvalue weighted by Crippen LogP contribution is -2.21. The second kappa shape index (κ2) is 4.49. The molecule has 0 atom stereocenters. The normalized spacial score (nSPS) is 17.9. The maximum Gasteiger partial charge on any atom is 0.352 e. The van der Waals surface area contributed by atoms with Gasteiger partial charge in [0.15, 0.2) is 0 Å². The molecule has 0 amide bonds. The van der Waals surface area contributed by atoms with Crippen LogP contribution < -0.4 is 0 Å². The van der Waals surface area contributed by atoms with Gasteiger partial charge in [-0.2, -0.15) is 0 Å². The zero-order valence-corrected chi connectivity index (χ0v) is 8.56. The fraction of sp³-hybridized carbons (Fsp3) is 0.545. The second-order valence-corrected chi connectivity index (χ2v) is 3.91. The minimum atomic E-state index is -0.855. The molecule has 0 radical (unpaired) electrons. The predicted molar refractivity (Wildman–Crippen MR) is 54.9 cm³/mol. The number of carbonyl (C=O) groups is 1. The van der Waals surface area contributed by atoms with Gasteiger partial charge in [0.25, 0.3) is 0 Å². The quantitative estimate of drug-likeness (QED) is 0.822. The van der Waals surface area contributed by atoms with E-state index in [1.54, 1.807) is 12.1 Å². The van der Waals surface area contributed by atoms with Crippen LogP contribution in [-0.2, 0) is 11.3 Å². The molecule has 0 aliphatic carbocycles. The average molecular weight is 209 g/mol. The molecule has 0 saturated carbocycles. The van der Waals surface area contributed by atoms with Crippen LogP contribution in [0.15, 0.2) is 18.3 Å². The van der Waals surface area contributed by atoms with Crippen LogP contribution in [0.2, 0.25) is 0 Å². The van der Waals surface area contributed by atoms with Gasteiger partial charge in [0.1, 0.15) is 5.69 Å². The van der Waals surface area contributed by atoms with Crippen LogP contribution in [0.1, 0.15) is 23.3 Å². The lowest BCUT2D eigenvalue weighted by atomic mass is 10.0. The van der Waals surface area contributed by atoms with E-state index in [0.717, 1.165) is 32.6 Å². The van der Waals surface area contributed by atoms with Crippen molar-refractivity contribution in [1.82, 2.24) is 4.57 Å². The molecule has 1 N–H and O–H groups in total. The molecule has 0 aromatic carbocycles. The van der Waals surface area contributed by atoms with Crippen LogP contribution in [0.25, 0.3) is 0 Å². The number of nitrogens with zero attached hydrogens (tertiary/aromatic N) is 1. The number of hydrogen-bond acceptors (Lipinski definition) is 2. The van der Waals surface area contributed by atoms with E-state index in [1.807, 2.05) is 10.8 Å². The molecule has 1 aromatic heterocycles. The lowest BCUT2D eigenvalue weighted by molar-refractivity contribution is 0.0593. The zero-order chi connectivity index (χ0) is 10.7. The summed E-state index contributed by atoms with van der Waals surface area (Å²) in [5.41, 5.74) is 0.376. The van der Waals surface area contributed by atoms with Gasteiger partial charge < -0.3 is 14.4 Å². The second-order valence-electron chi connectivity index (χ2n) is 3.91. The molecule has 1 aliphatic rings. The minimum absolute atomic E-state index is 0.376. The van der Waals surface area contributed by atoms with Gasteiger partial charge in [-0.05, 0) is 30.9 Å². The molecule has 1 aliphatic heterocycles. The molecule has 4 heteroatoms. The molecule has 0 spiro atoms. The van der Waals surface area contributed by atoms with Gasteiger partial charge >= 0.3 is 5.97 Å². The summed E-state index contributed by atoms with van der Waals surface area (Å²) in [7, 11) is 0. The number of rotatable bonds is 3. The molecule has 0 unspecified atom stereocenters. The van der Waals surface area contributed by atoms with Gasteiger partial charge in [-0.25, -0.2) is 4.79 Å². The van der Waals surface area contributed by atoms with Crippen LogP contribution in [0.3, 0.4) is 0 Å². The van der Waals surface area contributed by atoms with E-state index in [9.17, 15) is 4.79 Å². The highest BCUT2D eigenvalue weighted by Crippen LogP contribution is 2.18. The summed E-state index contributed by atoms with van der Waals surface area (Å²) >= 11 is 0. The van der Waals surface area contributed by atoms with Gasteiger partial charge in [0.2, 0.25) is 0 Å². The Bertz CT molecular complexity index is 339. The summed E-state index contributed by atoms with van der Waals surface area (Å²) in [6, 6.07) is 3.42. The third-order valence-electron chi connectivity index (χ3n) is 2.84. The van der Waals surface area contributed by atoms with E-state index in [1.165, 1.54) is 0 Å². The van der Waals surface area contributed by atoms with Gasteiger partial charge in [-0.1, -0.05) is 0 Å². The van der Waals surface area contributed by atoms with Crippen molar-refractivity contribution < 1.29 is 14.6 Å². The van der Waals surface area contributed by atoms with Gasteiger partial charge in [-0.15, -0.1) is 0 Å². The lowest BCUT2D eigenvalue weighted by Gasteiger charge is -2.22. The summed E-state index contributed by atoms with van der Waals surface area (Å²) in [6.07, 6.45) is 3.88. The fourth-order valence-corrected chi connectivity index (χ4v) is 1.97. The number of ether oxygens (including phenoxy) is 1. The Hall–Kier alpha value is -1.29. The summed E-state index contributed by atoms with van der Waals surface area (Å²) in [4.78, 5) is 10.9. The highest BCUT2D eigenvalue weighted by Gasteiger charge is 2.16. The topological polar surface area (TPSA) is 51.5 Å². The van der Waals surface area contributed by atoms with Crippen LogP contribution in [0, 0.1) is 5.92 Å². The van der Waals surface area contributed by atoms with E-state index in [-0.39, 0.29) is 0 Å². The summed E-state index contributed by atoms with van der Waals surface area (Å²) < 4.78 is 7.09. The number of hydrogen-bond donors (Lipinski definition) is 1. The molecule has 2 heterocycles. The minimum Gasteiger partial charge on any atom is -0.477 e. The third-order valence-corrected chi connectivity index (χ3v) is 2.84. The van der Waals surface area contributed by atoms with Crippen molar-refractivity contribution in [3.8, 4) is 0 Å². The Kier molecular flexibility index (Phi) is 3.06. The first-order valence-corrected chi connectivity index (χ1v) is 5.23. The van der Waals surface area contributed by atoms with Crippen molar-refractivity contribution in [2.45, 2.75) is 19.4 Å². The van der Waals surface area contributed by atoms with E-state index in [0.29, 0.717) is 11.6 Å². The molecule has 82 valence electrons. The maximum absolute atomic E-state index is 10.9. The number of carboxylic acids is 1. The molecule has 1 aromatic rings. The van der Waals surface area contributed by atoms with Crippen molar-refractivity contribution in [2.75, 3.05) is 13.2 Å². The van der Waals surface area contributed by atoms with Crippen molar-refractivity contribution in [2.24, 2.45) is 5.92 Å². The van der Waals surface area contributed by atoms with E-state index >= 15 is 0 Å². The van der Waals surface area contributed by atoms with Crippen molar-refractivity contribution >= 4 is 5.97 Å². The molecular formula is C11H15NO3. The van der Waals surface area contributed by atoms with Crippen LogP contribution in [0.4, 0.5) is 0 Å². The van der Waals surface area contributed by atoms with E-state index in [4.69, 9.17) is 9.84 Å². The molecule has 2 rings (SSSR count). The molecule has 0 bridgehead atoms. The number of carboxylic acid groups (broad SMARTS) is 1. The molecular weight excluding hydrogens is 194 g/mol. The van der Waals surface area contributed by atoms with Crippen LogP contribution in [0.5, 0.6) is 0 Å². The molecule has 15 heavy (non-hydrogen) atoms. The Labute approximate surface area is 88.5 Å². The van der Waals surface area contributed by atoms with E-state index in [2.05, 4.69) is 0 Å². The van der Waals surface area contributed by atoms with Gasteiger partial charge in [0, 0.05) is 26.0 Å². The van der Waals surface area contributed by atoms with Crippen LogP contribution in [-0.4, -0.2) is 28.9 Å². The molecule has 1 fully saturated rings. The first-order valence-electron chi connectivity index (χ1n) is 5.23. The SMILES string of the molecule is O=C(O)c1cccn1CC1CCOCC1. The Balaban J connectivity index is 2.03. The summed E-state index contributed by atoms with van der Waals surface area (Å²) in [5.74, 6) is -0.309. The molecule has 4 nitrogen and oxygen atoms in total. The largest absolute Gasteiger partial charge is 0.477 e. The highest BCUT2D eigenvalue weighted by molar-refractivity contribution is 5.85. The average Bonchev–Trinajstić information content (AvgIpc) is 2.67. The number of aromatic nitrogens is 1. The fourth-order valence-electron chi connectivity index (χ4n) is 1.97. The zero-order valence-electron chi connectivity index (χ0n) is 8.56. The Morgan fingerprint density at radius 1 is 1.53 bits per heavy atom. The van der Waals surface area contributed by atoms with Crippen LogP contribution >= 0.6 is 0 Å². The highest BCUT2D eigenvalue weighted by atomic mass is 16.5. The Morgan fingerprint density at radius 2 is 2.27 bits per heavy atom. The van der Waals surface area contributed by atoms with Gasteiger partial charge in [-0.3, -0.25) is 0 Å². The summed E-state index contributed by atoms with van der Waals surface area (Å²) in [5, 5.41) is 8.94. The summed E-state index contributed by atoms with van der Waals surface area (Å²) in [6.45, 7) is 2.39. The monoisotopic (exact) mass is 209 g/mol. The first-order chi connectivity index (χ1) is 7.27. The smallest absolute Gasteiger partial charge is 0.352 e. The third kappa shape index (κ3) is 2.39. The Morgan fingerprint density at radius 3 is 2.93 bits per heavy atom. The van der Waals surface area contributed by atoms with Crippen molar-refractivity contribution in [1.29, 1.82) is 0 Å².